The minimum atomic E-state index is -0.349. The van der Waals surface area contributed by atoms with E-state index in [-0.39, 0.29) is 30.7 Å². The van der Waals surface area contributed by atoms with Crippen LogP contribution in [0.25, 0.3) is 0 Å². The molecular formula is C11H16FN3O. The average molecular weight is 225 g/mol. The summed E-state index contributed by atoms with van der Waals surface area (Å²) < 4.78 is 13.3. The average Bonchev–Trinajstić information content (AvgIpc) is 2.30. The summed E-state index contributed by atoms with van der Waals surface area (Å²) in [6.45, 7) is 0.266. The van der Waals surface area contributed by atoms with E-state index < -0.39 is 0 Å². The van der Waals surface area contributed by atoms with Crippen LogP contribution in [0.3, 0.4) is 0 Å². The smallest absolute Gasteiger partial charge is 0.221 e. The maximum Gasteiger partial charge on any atom is 0.221 e. The van der Waals surface area contributed by atoms with Gasteiger partial charge in [-0.2, -0.15) is 0 Å². The van der Waals surface area contributed by atoms with Crippen LogP contribution in [0.15, 0.2) is 24.3 Å². The zero-order chi connectivity index (χ0) is 12.0. The SMILES string of the molecule is CNC(=O)CC(CN)Nc1ccccc1F. The van der Waals surface area contributed by atoms with Crippen LogP contribution in [0.4, 0.5) is 10.1 Å². The van der Waals surface area contributed by atoms with Gasteiger partial charge in [-0.05, 0) is 12.1 Å². The maximum absolute atomic E-state index is 13.3. The third-order valence-corrected chi connectivity index (χ3v) is 2.23. The van der Waals surface area contributed by atoms with Crippen molar-refractivity contribution in [1.29, 1.82) is 0 Å². The van der Waals surface area contributed by atoms with Gasteiger partial charge in [0.1, 0.15) is 5.82 Å². The summed E-state index contributed by atoms with van der Waals surface area (Å²) in [5.41, 5.74) is 5.87. The standard InChI is InChI=1S/C11H16FN3O/c1-14-11(16)6-8(7-13)15-10-5-3-2-4-9(10)12/h2-5,8,15H,6-7,13H2,1H3,(H,14,16). The first-order chi connectivity index (χ1) is 7.67. The Morgan fingerprint density at radius 1 is 1.50 bits per heavy atom. The van der Waals surface area contributed by atoms with Gasteiger partial charge < -0.3 is 16.4 Å². The lowest BCUT2D eigenvalue weighted by Crippen LogP contribution is -2.34. The van der Waals surface area contributed by atoms with Gasteiger partial charge in [0.15, 0.2) is 0 Å². The van der Waals surface area contributed by atoms with Crippen molar-refractivity contribution < 1.29 is 9.18 Å². The van der Waals surface area contributed by atoms with Gasteiger partial charge in [-0.3, -0.25) is 4.79 Å². The molecule has 1 amide bonds. The molecule has 0 saturated heterocycles. The number of carbonyl (C=O) groups excluding carboxylic acids is 1. The highest BCUT2D eigenvalue weighted by atomic mass is 19.1. The molecule has 4 nitrogen and oxygen atoms in total. The van der Waals surface area contributed by atoms with Crippen molar-refractivity contribution in [2.45, 2.75) is 12.5 Å². The van der Waals surface area contributed by atoms with Gasteiger partial charge >= 0.3 is 0 Å². The van der Waals surface area contributed by atoms with Crippen molar-refractivity contribution in [3.05, 3.63) is 30.1 Å². The van der Waals surface area contributed by atoms with Gasteiger partial charge in [-0.15, -0.1) is 0 Å². The largest absolute Gasteiger partial charge is 0.378 e. The molecule has 1 rings (SSSR count). The number of carbonyl (C=O) groups is 1. The van der Waals surface area contributed by atoms with E-state index in [4.69, 9.17) is 5.73 Å². The number of benzene rings is 1. The highest BCUT2D eigenvalue weighted by molar-refractivity contribution is 5.76. The van der Waals surface area contributed by atoms with Crippen molar-refractivity contribution in [2.24, 2.45) is 5.73 Å². The molecule has 0 aromatic heterocycles. The Labute approximate surface area is 94.0 Å². The molecule has 0 aliphatic rings. The van der Waals surface area contributed by atoms with Gasteiger partial charge in [0, 0.05) is 26.1 Å². The van der Waals surface area contributed by atoms with E-state index in [1.165, 1.54) is 6.07 Å². The molecule has 88 valence electrons. The summed E-state index contributed by atoms with van der Waals surface area (Å²) in [6.07, 6.45) is 0.224. The molecule has 1 aromatic carbocycles. The van der Waals surface area contributed by atoms with Crippen molar-refractivity contribution in [3.8, 4) is 0 Å². The summed E-state index contributed by atoms with van der Waals surface area (Å²) >= 11 is 0. The van der Waals surface area contributed by atoms with E-state index in [9.17, 15) is 9.18 Å². The summed E-state index contributed by atoms with van der Waals surface area (Å²) in [4.78, 5) is 11.2. The second kappa shape index (κ2) is 6.07. The monoisotopic (exact) mass is 225 g/mol. The van der Waals surface area contributed by atoms with Crippen LogP contribution in [-0.4, -0.2) is 25.5 Å². The summed E-state index contributed by atoms with van der Waals surface area (Å²) in [7, 11) is 1.55. The fraction of sp³-hybridized carbons (Fsp3) is 0.364. The number of halogens is 1. The molecule has 5 heteroatoms. The van der Waals surface area contributed by atoms with Gasteiger partial charge in [0.05, 0.1) is 5.69 Å². The summed E-state index contributed by atoms with van der Waals surface area (Å²) in [5.74, 6) is -0.475. The van der Waals surface area contributed by atoms with Crippen LogP contribution >= 0.6 is 0 Å². The van der Waals surface area contributed by atoms with Crippen molar-refractivity contribution in [1.82, 2.24) is 5.32 Å². The van der Waals surface area contributed by atoms with E-state index >= 15 is 0 Å². The molecule has 0 aliphatic heterocycles. The Bertz CT molecular complexity index is 357. The molecule has 0 aliphatic carbocycles. The fourth-order valence-electron chi connectivity index (χ4n) is 1.32. The van der Waals surface area contributed by atoms with Crippen molar-refractivity contribution in [3.63, 3.8) is 0 Å². The number of nitrogens with two attached hydrogens (primary N) is 1. The molecule has 1 atom stereocenters. The van der Waals surface area contributed by atoms with Gasteiger partial charge in [-0.25, -0.2) is 4.39 Å². The summed E-state index contributed by atoms with van der Waals surface area (Å²) in [5, 5.41) is 5.40. The van der Waals surface area contributed by atoms with E-state index in [2.05, 4.69) is 10.6 Å². The van der Waals surface area contributed by atoms with Crippen LogP contribution in [-0.2, 0) is 4.79 Å². The van der Waals surface area contributed by atoms with Crippen LogP contribution in [0.5, 0.6) is 0 Å². The third kappa shape index (κ3) is 3.51. The lowest BCUT2D eigenvalue weighted by Gasteiger charge is -2.17. The Balaban J connectivity index is 2.63. The Morgan fingerprint density at radius 3 is 2.75 bits per heavy atom. The predicted octanol–water partition coefficient (Wildman–Crippen LogP) is 0.701. The van der Waals surface area contributed by atoms with E-state index in [1.54, 1.807) is 25.2 Å². The first-order valence-electron chi connectivity index (χ1n) is 5.09. The lowest BCUT2D eigenvalue weighted by molar-refractivity contribution is -0.120. The third-order valence-electron chi connectivity index (χ3n) is 2.23. The number of rotatable bonds is 5. The number of hydrogen-bond acceptors (Lipinski definition) is 3. The first kappa shape index (κ1) is 12.4. The molecular weight excluding hydrogens is 209 g/mol. The molecule has 0 heterocycles. The molecule has 4 N–H and O–H groups in total. The Hall–Kier alpha value is -1.62. The number of nitrogens with one attached hydrogen (secondary N) is 2. The van der Waals surface area contributed by atoms with Crippen molar-refractivity contribution >= 4 is 11.6 Å². The highest BCUT2D eigenvalue weighted by Gasteiger charge is 2.12. The molecule has 1 unspecified atom stereocenters. The molecule has 0 bridgehead atoms. The minimum absolute atomic E-state index is 0.126. The van der Waals surface area contributed by atoms with Crippen LogP contribution in [0, 0.1) is 5.82 Å². The first-order valence-corrected chi connectivity index (χ1v) is 5.09. The van der Waals surface area contributed by atoms with E-state index in [0.717, 1.165) is 0 Å². The quantitative estimate of drug-likeness (QED) is 0.691. The van der Waals surface area contributed by atoms with E-state index in [1.807, 2.05) is 0 Å². The van der Waals surface area contributed by atoms with Gasteiger partial charge in [0.25, 0.3) is 0 Å². The molecule has 0 radical (unpaired) electrons. The second-order valence-corrected chi connectivity index (χ2v) is 3.43. The zero-order valence-corrected chi connectivity index (χ0v) is 9.16. The normalized spacial score (nSPS) is 11.9. The molecule has 1 aromatic rings. The Morgan fingerprint density at radius 2 is 2.19 bits per heavy atom. The molecule has 16 heavy (non-hydrogen) atoms. The van der Waals surface area contributed by atoms with Gasteiger partial charge in [-0.1, -0.05) is 12.1 Å². The maximum atomic E-state index is 13.3. The van der Waals surface area contributed by atoms with Crippen LogP contribution in [0.2, 0.25) is 0 Å². The van der Waals surface area contributed by atoms with Crippen LogP contribution in [0.1, 0.15) is 6.42 Å². The van der Waals surface area contributed by atoms with Crippen LogP contribution < -0.4 is 16.4 Å². The van der Waals surface area contributed by atoms with Gasteiger partial charge in [0.2, 0.25) is 5.91 Å². The fourth-order valence-corrected chi connectivity index (χ4v) is 1.32. The molecule has 0 spiro atoms. The predicted molar refractivity (Wildman–Crippen MR) is 61.5 cm³/mol. The number of hydrogen-bond donors (Lipinski definition) is 3. The molecule has 0 fully saturated rings. The topological polar surface area (TPSA) is 67.2 Å². The lowest BCUT2D eigenvalue weighted by atomic mass is 10.2. The number of amides is 1. The Kier molecular flexibility index (Phi) is 4.72. The summed E-state index contributed by atoms with van der Waals surface area (Å²) in [6, 6.07) is 6.03. The van der Waals surface area contributed by atoms with Crippen molar-refractivity contribution in [2.75, 3.05) is 18.9 Å². The number of para-hydroxylation sites is 1. The zero-order valence-electron chi connectivity index (χ0n) is 9.16. The molecule has 0 saturated carbocycles. The second-order valence-electron chi connectivity index (χ2n) is 3.43. The van der Waals surface area contributed by atoms with E-state index in [0.29, 0.717) is 5.69 Å². The number of anilines is 1. The minimum Gasteiger partial charge on any atom is -0.378 e. The highest BCUT2D eigenvalue weighted by Crippen LogP contribution is 2.14.